The van der Waals surface area contributed by atoms with Gasteiger partial charge in [-0.2, -0.15) is 15.4 Å². The van der Waals surface area contributed by atoms with Crippen LogP contribution in [0, 0.1) is 5.92 Å². The number of likely N-dealkylation sites (N-methyl/N-ethyl adjacent to an activating group) is 1. The molecule has 128 valence electrons. The van der Waals surface area contributed by atoms with Gasteiger partial charge in [0, 0.05) is 45.6 Å². The number of amides is 1. The summed E-state index contributed by atoms with van der Waals surface area (Å²) in [5.41, 5.74) is 1.89. The molecule has 1 aromatic rings. The summed E-state index contributed by atoms with van der Waals surface area (Å²) in [7, 11) is 1.91. The zero-order valence-electron chi connectivity index (χ0n) is 14.3. The van der Waals surface area contributed by atoms with Gasteiger partial charge in [-0.25, -0.2) is 0 Å². The number of H-pyrrole nitrogens is 1. The Morgan fingerprint density at radius 3 is 3.00 bits per heavy atom. The largest absolute Gasteiger partial charge is 0.373 e. The van der Waals surface area contributed by atoms with Crippen molar-refractivity contribution in [2.75, 3.05) is 39.8 Å². The van der Waals surface area contributed by atoms with Crippen LogP contribution in [-0.2, 0) is 22.4 Å². The summed E-state index contributed by atoms with van der Waals surface area (Å²) in [6.07, 6.45) is 2.42. The van der Waals surface area contributed by atoms with Gasteiger partial charge in [-0.1, -0.05) is 0 Å². The van der Waals surface area contributed by atoms with E-state index in [1.165, 1.54) is 0 Å². The zero-order chi connectivity index (χ0) is 16.4. The number of nitrogens with one attached hydrogen (secondary N) is 1. The van der Waals surface area contributed by atoms with Crippen molar-refractivity contribution >= 4 is 5.91 Å². The highest BCUT2D eigenvalue weighted by Crippen LogP contribution is 2.23. The van der Waals surface area contributed by atoms with Gasteiger partial charge in [0.1, 0.15) is 0 Å². The van der Waals surface area contributed by atoms with Crippen molar-refractivity contribution in [3.05, 3.63) is 11.4 Å². The van der Waals surface area contributed by atoms with E-state index in [1.807, 2.05) is 11.9 Å². The molecule has 23 heavy (non-hydrogen) atoms. The highest BCUT2D eigenvalue weighted by atomic mass is 16.5. The summed E-state index contributed by atoms with van der Waals surface area (Å²) in [4.78, 5) is 16.9. The summed E-state index contributed by atoms with van der Waals surface area (Å²) in [5, 5.41) is 10.9. The third-order valence-corrected chi connectivity index (χ3v) is 4.85. The van der Waals surface area contributed by atoms with Crippen LogP contribution in [0.3, 0.4) is 0 Å². The van der Waals surface area contributed by atoms with Crippen molar-refractivity contribution in [3.63, 3.8) is 0 Å². The van der Waals surface area contributed by atoms with Crippen LogP contribution < -0.4 is 0 Å². The number of ether oxygens (including phenoxy) is 1. The SMILES string of the molecule is CN(CCN1CCOC(C)(C)C1)C(=O)C1CCc2n[nH]nc2C1. The second kappa shape index (κ2) is 6.57. The van der Waals surface area contributed by atoms with Crippen LogP contribution in [0.25, 0.3) is 0 Å². The van der Waals surface area contributed by atoms with Crippen LogP contribution in [-0.4, -0.2) is 76.6 Å². The molecule has 1 atom stereocenters. The minimum Gasteiger partial charge on any atom is -0.373 e. The maximum absolute atomic E-state index is 12.7. The quantitative estimate of drug-likeness (QED) is 0.873. The lowest BCUT2D eigenvalue weighted by atomic mass is 9.89. The zero-order valence-corrected chi connectivity index (χ0v) is 14.3. The fourth-order valence-electron chi connectivity index (χ4n) is 3.51. The van der Waals surface area contributed by atoms with Gasteiger partial charge in [-0.15, -0.1) is 0 Å². The van der Waals surface area contributed by atoms with Crippen LogP contribution >= 0.6 is 0 Å². The number of morpholine rings is 1. The Hall–Kier alpha value is -1.47. The lowest BCUT2D eigenvalue weighted by Crippen LogP contribution is -2.50. The average molecular weight is 321 g/mol. The van der Waals surface area contributed by atoms with Gasteiger partial charge in [0.2, 0.25) is 5.91 Å². The lowest BCUT2D eigenvalue weighted by molar-refractivity contribution is -0.135. The van der Waals surface area contributed by atoms with Crippen LogP contribution in [0.2, 0.25) is 0 Å². The van der Waals surface area contributed by atoms with Gasteiger partial charge in [-0.05, 0) is 26.7 Å². The van der Waals surface area contributed by atoms with E-state index in [1.54, 1.807) is 0 Å². The van der Waals surface area contributed by atoms with Crippen molar-refractivity contribution in [2.45, 2.75) is 38.7 Å². The minimum atomic E-state index is -0.0897. The Kier molecular flexibility index (Phi) is 4.68. The number of fused-ring (bicyclic) bond motifs is 1. The van der Waals surface area contributed by atoms with Gasteiger partial charge in [-0.3, -0.25) is 9.69 Å². The Labute approximate surface area is 137 Å². The highest BCUT2D eigenvalue weighted by Gasteiger charge is 2.30. The molecule has 7 heteroatoms. The van der Waals surface area contributed by atoms with Gasteiger partial charge in [0.25, 0.3) is 0 Å². The van der Waals surface area contributed by atoms with E-state index >= 15 is 0 Å². The van der Waals surface area contributed by atoms with Gasteiger partial charge in [0.05, 0.1) is 23.6 Å². The number of carbonyl (C=O) groups excluding carboxylic acids is 1. The van der Waals surface area contributed by atoms with Crippen molar-refractivity contribution in [2.24, 2.45) is 5.92 Å². The predicted molar refractivity (Wildman–Crippen MR) is 86.0 cm³/mol. The molecule has 1 aliphatic carbocycles. The molecule has 2 heterocycles. The first kappa shape index (κ1) is 16.4. The fourth-order valence-corrected chi connectivity index (χ4v) is 3.51. The molecular formula is C16H27N5O2. The first-order valence-electron chi connectivity index (χ1n) is 8.44. The van der Waals surface area contributed by atoms with E-state index < -0.39 is 0 Å². The third kappa shape index (κ3) is 3.90. The summed E-state index contributed by atoms with van der Waals surface area (Å²) >= 11 is 0. The molecule has 1 aromatic heterocycles. The van der Waals surface area contributed by atoms with E-state index in [2.05, 4.69) is 34.2 Å². The van der Waals surface area contributed by atoms with Crippen LogP contribution in [0.5, 0.6) is 0 Å². The molecule has 1 aliphatic heterocycles. The maximum atomic E-state index is 12.7. The monoisotopic (exact) mass is 321 g/mol. The number of aromatic amines is 1. The Morgan fingerprint density at radius 1 is 1.43 bits per heavy atom. The first-order valence-corrected chi connectivity index (χ1v) is 8.44. The number of hydrogen-bond donors (Lipinski definition) is 1. The van der Waals surface area contributed by atoms with E-state index in [0.29, 0.717) is 6.42 Å². The summed E-state index contributed by atoms with van der Waals surface area (Å²) in [6, 6.07) is 0. The molecule has 1 N–H and O–H groups in total. The number of rotatable bonds is 4. The highest BCUT2D eigenvalue weighted by molar-refractivity contribution is 5.79. The second-order valence-corrected chi connectivity index (χ2v) is 7.30. The summed E-state index contributed by atoms with van der Waals surface area (Å²) in [5.74, 6) is 0.268. The summed E-state index contributed by atoms with van der Waals surface area (Å²) in [6.45, 7) is 8.52. The second-order valence-electron chi connectivity index (χ2n) is 7.30. The molecule has 2 aliphatic rings. The lowest BCUT2D eigenvalue weighted by Gasteiger charge is -2.39. The molecule has 0 bridgehead atoms. The molecule has 0 spiro atoms. The Bertz CT molecular complexity index is 556. The Morgan fingerprint density at radius 2 is 2.22 bits per heavy atom. The van der Waals surface area contributed by atoms with Gasteiger partial charge >= 0.3 is 0 Å². The van der Waals surface area contributed by atoms with Crippen LogP contribution in [0.1, 0.15) is 31.7 Å². The predicted octanol–water partition coefficient (Wildman–Crippen LogP) is 0.479. The maximum Gasteiger partial charge on any atom is 0.225 e. The number of carbonyl (C=O) groups is 1. The number of nitrogens with zero attached hydrogens (tertiary/aromatic N) is 4. The molecule has 1 fully saturated rings. The molecule has 1 unspecified atom stereocenters. The van der Waals surface area contributed by atoms with Gasteiger partial charge in [0.15, 0.2) is 0 Å². The van der Waals surface area contributed by atoms with Crippen molar-refractivity contribution in [1.82, 2.24) is 25.2 Å². The molecule has 3 rings (SSSR count). The van der Waals surface area contributed by atoms with Gasteiger partial charge < -0.3 is 9.64 Å². The van der Waals surface area contributed by atoms with Crippen molar-refractivity contribution in [3.8, 4) is 0 Å². The normalized spacial score (nSPS) is 24.2. The van der Waals surface area contributed by atoms with Crippen LogP contribution in [0.15, 0.2) is 0 Å². The van der Waals surface area contributed by atoms with E-state index in [-0.39, 0.29) is 17.4 Å². The van der Waals surface area contributed by atoms with E-state index in [0.717, 1.165) is 57.0 Å². The minimum absolute atomic E-state index is 0.0405. The molecule has 1 saturated heterocycles. The smallest absolute Gasteiger partial charge is 0.225 e. The first-order chi connectivity index (χ1) is 10.9. The number of aryl methyl sites for hydroxylation is 1. The number of hydrogen-bond acceptors (Lipinski definition) is 5. The van der Waals surface area contributed by atoms with Crippen molar-refractivity contribution in [1.29, 1.82) is 0 Å². The van der Waals surface area contributed by atoms with Crippen LogP contribution in [0.4, 0.5) is 0 Å². The fraction of sp³-hybridized carbons (Fsp3) is 0.812. The molecule has 0 radical (unpaired) electrons. The molecule has 0 aromatic carbocycles. The molecule has 1 amide bonds. The van der Waals surface area contributed by atoms with E-state index in [4.69, 9.17) is 4.74 Å². The number of aromatic nitrogens is 3. The topological polar surface area (TPSA) is 74.3 Å². The summed E-state index contributed by atoms with van der Waals surface area (Å²) < 4.78 is 5.73. The van der Waals surface area contributed by atoms with Crippen molar-refractivity contribution < 1.29 is 9.53 Å². The standard InChI is InChI=1S/C16H27N5O2/c1-16(2)11-21(8-9-23-16)7-6-20(3)15(22)12-4-5-13-14(10-12)18-19-17-13/h12H,4-11H2,1-3H3,(H,17,18,19). The molecule has 0 saturated carbocycles. The molecule has 7 nitrogen and oxygen atoms in total. The third-order valence-electron chi connectivity index (χ3n) is 4.85. The van der Waals surface area contributed by atoms with E-state index in [9.17, 15) is 4.79 Å². The Balaban J connectivity index is 1.48. The average Bonchev–Trinajstić information content (AvgIpc) is 2.98. The molecular weight excluding hydrogens is 294 g/mol.